The quantitative estimate of drug-likeness (QED) is 0.0126. The van der Waals surface area contributed by atoms with E-state index in [4.69, 9.17) is 23.8 Å². The zero-order chi connectivity index (χ0) is 48.3. The highest BCUT2D eigenvalue weighted by Crippen LogP contribution is 2.43. The van der Waals surface area contributed by atoms with Crippen molar-refractivity contribution in [3.05, 3.63) is 72.9 Å². The van der Waals surface area contributed by atoms with Gasteiger partial charge >= 0.3 is 27.6 Å². The Balaban J connectivity index is 4.60. The van der Waals surface area contributed by atoms with Crippen molar-refractivity contribution in [2.24, 2.45) is 5.92 Å². The van der Waals surface area contributed by atoms with Gasteiger partial charge in [-0.2, -0.15) is 0 Å². The molecule has 0 aromatic carbocycles. The second-order valence-electron chi connectivity index (χ2n) is 16.5. The molecule has 0 amide bonds. The molecule has 376 valence electrons. The first-order valence-corrected chi connectivity index (χ1v) is 27.2. The molecular weight excluding hydrogens is 874 g/mol. The summed E-state index contributed by atoms with van der Waals surface area (Å²) in [5.41, 5.74) is 0. The van der Waals surface area contributed by atoms with Crippen molar-refractivity contribution in [2.75, 3.05) is 26.4 Å². The molecule has 0 saturated heterocycles. The van der Waals surface area contributed by atoms with Crippen molar-refractivity contribution in [1.29, 1.82) is 0 Å². The van der Waals surface area contributed by atoms with Gasteiger partial charge < -0.3 is 34.4 Å². The average molecular weight is 961 g/mol. The SMILES string of the molecule is CC/C=C\CC(O)/C=C/C=C/C/C=C\C/C=C\C/C=C\CCC(=O)OC[C@H](COP(=O)(O)OC[C@@H](O)COP(=O)(O)O)OC(=O)CCCCCCCCCCCCCCCCC(C)CC. The van der Waals surface area contributed by atoms with Crippen LogP contribution in [-0.4, -0.2) is 81.6 Å². The van der Waals surface area contributed by atoms with Crippen LogP contribution < -0.4 is 0 Å². The fourth-order valence-corrected chi connectivity index (χ4v) is 7.35. The first-order chi connectivity index (χ1) is 31.2. The number of rotatable bonds is 44. The Labute approximate surface area is 391 Å². The number of unbranched alkanes of at least 4 members (excludes halogenated alkanes) is 13. The minimum atomic E-state index is -4.88. The molecular formula is C49H86O14P2. The fraction of sp³-hybridized carbons (Fsp3) is 0.714. The first-order valence-electron chi connectivity index (χ1n) is 24.1. The summed E-state index contributed by atoms with van der Waals surface area (Å²) in [5, 5.41) is 19.6. The van der Waals surface area contributed by atoms with Crippen LogP contribution in [0.15, 0.2) is 72.9 Å². The summed E-state index contributed by atoms with van der Waals surface area (Å²) in [5.74, 6) is -0.298. The predicted octanol–water partition coefficient (Wildman–Crippen LogP) is 11.8. The number of phosphoric acid groups is 2. The van der Waals surface area contributed by atoms with E-state index in [2.05, 4.69) is 42.0 Å². The lowest BCUT2D eigenvalue weighted by atomic mass is 9.99. The molecule has 0 fully saturated rings. The molecule has 0 heterocycles. The summed E-state index contributed by atoms with van der Waals surface area (Å²) in [6.07, 6.45) is 43.7. The van der Waals surface area contributed by atoms with Gasteiger partial charge in [0.15, 0.2) is 6.10 Å². The van der Waals surface area contributed by atoms with Gasteiger partial charge in [0.05, 0.1) is 25.9 Å². The van der Waals surface area contributed by atoms with Gasteiger partial charge in [-0.3, -0.25) is 23.2 Å². The van der Waals surface area contributed by atoms with Crippen LogP contribution in [0.1, 0.15) is 175 Å². The van der Waals surface area contributed by atoms with Gasteiger partial charge in [-0.05, 0) is 50.9 Å². The minimum Gasteiger partial charge on any atom is -0.462 e. The lowest BCUT2D eigenvalue weighted by Gasteiger charge is -2.20. The molecule has 0 aliphatic rings. The van der Waals surface area contributed by atoms with Gasteiger partial charge in [0.25, 0.3) is 0 Å². The number of allylic oxidation sites excluding steroid dienone is 10. The Bertz CT molecular complexity index is 1450. The number of aliphatic hydroxyl groups is 2. The van der Waals surface area contributed by atoms with Gasteiger partial charge in [-0.25, -0.2) is 9.13 Å². The van der Waals surface area contributed by atoms with E-state index in [9.17, 15) is 33.8 Å². The van der Waals surface area contributed by atoms with Gasteiger partial charge in [-0.15, -0.1) is 0 Å². The van der Waals surface area contributed by atoms with Crippen LogP contribution in [0.2, 0.25) is 0 Å². The minimum absolute atomic E-state index is 0.0525. The van der Waals surface area contributed by atoms with E-state index >= 15 is 0 Å². The van der Waals surface area contributed by atoms with Crippen molar-refractivity contribution in [3.8, 4) is 0 Å². The maximum absolute atomic E-state index is 12.7. The smallest absolute Gasteiger partial charge is 0.462 e. The summed E-state index contributed by atoms with van der Waals surface area (Å²) < 4.78 is 47.8. The highest BCUT2D eigenvalue weighted by atomic mass is 31.2. The van der Waals surface area contributed by atoms with Crippen LogP contribution in [0.25, 0.3) is 0 Å². The summed E-state index contributed by atoms with van der Waals surface area (Å²) in [6, 6.07) is 0. The van der Waals surface area contributed by atoms with Crippen LogP contribution in [0.5, 0.6) is 0 Å². The number of hydrogen-bond acceptors (Lipinski definition) is 11. The molecule has 0 aliphatic carbocycles. The van der Waals surface area contributed by atoms with Crippen molar-refractivity contribution in [3.63, 3.8) is 0 Å². The normalized spacial score (nSPS) is 15.5. The van der Waals surface area contributed by atoms with Crippen molar-refractivity contribution >= 4 is 27.6 Å². The maximum Gasteiger partial charge on any atom is 0.472 e. The third-order valence-corrected chi connectivity index (χ3v) is 11.7. The standard InChI is InChI=1S/C49H86O14P2/c1-4-6-30-36-45(50)37-32-27-23-19-15-11-9-13-16-20-24-28-33-38-48(52)59-42-47(43-62-65(57,58)61-41-46(51)40-60-64(54,55)56)63-49(53)39-34-29-25-21-17-12-8-7-10-14-18-22-26-31-35-44(3)5-2/h6,11,13,15-16,23-24,27-28,30,32,37,44-47,50-51H,4-5,7-10,12,14,17-22,25-26,29,31,33-36,38-43H2,1-3H3,(H,57,58)(H2,54,55,56)/b15-11-,16-13-,27-23+,28-24-,30-6-,37-32+/t44?,45?,46-,47+/m0/s1. The molecule has 0 aliphatic heterocycles. The van der Waals surface area contributed by atoms with Gasteiger partial charge in [0.2, 0.25) is 0 Å². The zero-order valence-electron chi connectivity index (χ0n) is 39.8. The Morgan fingerprint density at radius 1 is 0.569 bits per heavy atom. The van der Waals surface area contributed by atoms with Crippen molar-refractivity contribution in [1.82, 2.24) is 0 Å². The molecule has 0 aromatic rings. The van der Waals surface area contributed by atoms with Crippen LogP contribution in [0, 0.1) is 5.92 Å². The van der Waals surface area contributed by atoms with E-state index in [0.717, 1.165) is 50.9 Å². The zero-order valence-corrected chi connectivity index (χ0v) is 41.6. The molecule has 0 bridgehead atoms. The van der Waals surface area contributed by atoms with Crippen molar-refractivity contribution < 1.29 is 66.7 Å². The van der Waals surface area contributed by atoms with Crippen LogP contribution in [0.3, 0.4) is 0 Å². The number of hydrogen-bond donors (Lipinski definition) is 5. The van der Waals surface area contributed by atoms with Crippen LogP contribution in [0.4, 0.5) is 0 Å². The number of carbonyl (C=O) groups is 2. The molecule has 0 rings (SSSR count). The Kier molecular flexibility index (Phi) is 41.2. The monoisotopic (exact) mass is 961 g/mol. The highest BCUT2D eigenvalue weighted by molar-refractivity contribution is 7.47. The van der Waals surface area contributed by atoms with E-state index in [0.29, 0.717) is 25.7 Å². The molecule has 16 heteroatoms. The predicted molar refractivity (Wildman–Crippen MR) is 259 cm³/mol. The fourth-order valence-electron chi connectivity index (χ4n) is 6.20. The molecule has 3 unspecified atom stereocenters. The molecule has 0 radical (unpaired) electrons. The topological polar surface area (TPSA) is 216 Å². The molecule has 0 saturated carbocycles. The average Bonchev–Trinajstić information content (AvgIpc) is 3.26. The van der Waals surface area contributed by atoms with E-state index in [1.54, 1.807) is 6.08 Å². The third-order valence-electron chi connectivity index (χ3n) is 10.2. The van der Waals surface area contributed by atoms with E-state index in [-0.39, 0.29) is 12.8 Å². The maximum atomic E-state index is 12.7. The summed E-state index contributed by atoms with van der Waals surface area (Å²) in [4.78, 5) is 52.8. The lowest BCUT2D eigenvalue weighted by molar-refractivity contribution is -0.161. The van der Waals surface area contributed by atoms with Gasteiger partial charge in [0.1, 0.15) is 12.7 Å². The molecule has 14 nitrogen and oxygen atoms in total. The van der Waals surface area contributed by atoms with Crippen LogP contribution in [-0.2, 0) is 41.8 Å². The molecule has 65 heavy (non-hydrogen) atoms. The Morgan fingerprint density at radius 3 is 1.66 bits per heavy atom. The second-order valence-corrected chi connectivity index (χ2v) is 19.1. The number of aliphatic hydroxyl groups excluding tert-OH is 2. The Morgan fingerprint density at radius 2 is 1.09 bits per heavy atom. The summed E-state index contributed by atoms with van der Waals surface area (Å²) >= 11 is 0. The number of esters is 2. The lowest BCUT2D eigenvalue weighted by Crippen LogP contribution is -2.29. The molecule has 0 spiro atoms. The van der Waals surface area contributed by atoms with Crippen molar-refractivity contribution in [2.45, 2.75) is 193 Å². The summed E-state index contributed by atoms with van der Waals surface area (Å²) in [7, 11) is -9.72. The molecule has 0 aromatic heterocycles. The second kappa shape index (κ2) is 42.8. The molecule has 5 atom stereocenters. The van der Waals surface area contributed by atoms with Gasteiger partial charge in [-0.1, -0.05) is 190 Å². The third kappa shape index (κ3) is 46.4. The molecule has 5 N–H and O–H groups in total. The number of ether oxygens (including phenoxy) is 2. The van der Waals surface area contributed by atoms with E-state index in [1.165, 1.54) is 70.6 Å². The number of carbonyl (C=O) groups excluding carboxylic acids is 2. The van der Waals surface area contributed by atoms with Crippen LogP contribution >= 0.6 is 15.6 Å². The summed E-state index contributed by atoms with van der Waals surface area (Å²) in [6.45, 7) is 3.83. The largest absolute Gasteiger partial charge is 0.472 e. The van der Waals surface area contributed by atoms with Gasteiger partial charge in [0, 0.05) is 12.8 Å². The van der Waals surface area contributed by atoms with E-state index in [1.807, 2.05) is 54.7 Å². The number of phosphoric ester groups is 2. The Hall–Kier alpha value is -2.48. The highest BCUT2D eigenvalue weighted by Gasteiger charge is 2.28. The van der Waals surface area contributed by atoms with E-state index < -0.39 is 72.3 Å². The first kappa shape index (κ1) is 62.5.